The lowest BCUT2D eigenvalue weighted by Gasteiger charge is -2.25. The van der Waals surface area contributed by atoms with E-state index in [0.29, 0.717) is 18.8 Å². The van der Waals surface area contributed by atoms with Gasteiger partial charge in [0.1, 0.15) is 12.4 Å². The Labute approximate surface area is 107 Å². The largest absolute Gasteiger partial charge is 0.405 e. The molecule has 1 aromatic heterocycles. The van der Waals surface area contributed by atoms with Gasteiger partial charge in [0.25, 0.3) is 0 Å². The molecular weight excluding hydrogens is 297 g/mol. The molecular formula is C11H14BrF3N2. The van der Waals surface area contributed by atoms with Crippen LogP contribution >= 0.6 is 15.9 Å². The van der Waals surface area contributed by atoms with Gasteiger partial charge in [-0.25, -0.2) is 4.98 Å². The maximum atomic E-state index is 12.4. The van der Waals surface area contributed by atoms with Crippen LogP contribution < -0.4 is 4.90 Å². The fourth-order valence-electron chi connectivity index (χ4n) is 1.61. The van der Waals surface area contributed by atoms with Crippen molar-refractivity contribution in [2.24, 2.45) is 0 Å². The van der Waals surface area contributed by atoms with Gasteiger partial charge in [-0.2, -0.15) is 13.2 Å². The molecule has 1 aromatic rings. The zero-order valence-electron chi connectivity index (χ0n) is 9.68. The normalized spacial score (nSPS) is 11.6. The van der Waals surface area contributed by atoms with Gasteiger partial charge >= 0.3 is 6.18 Å². The van der Waals surface area contributed by atoms with Crippen molar-refractivity contribution in [1.82, 2.24) is 4.98 Å². The SMILES string of the molecule is CCCN(CC(F)(F)F)c1ncc(Br)cc1C. The smallest absolute Gasteiger partial charge is 0.347 e. The highest BCUT2D eigenvalue weighted by atomic mass is 79.9. The molecule has 0 fully saturated rings. The summed E-state index contributed by atoms with van der Waals surface area (Å²) in [7, 11) is 0. The van der Waals surface area contributed by atoms with E-state index in [4.69, 9.17) is 0 Å². The Hall–Kier alpha value is -0.780. The van der Waals surface area contributed by atoms with Crippen molar-refractivity contribution in [3.8, 4) is 0 Å². The summed E-state index contributed by atoms with van der Waals surface area (Å²) in [5, 5.41) is 0. The summed E-state index contributed by atoms with van der Waals surface area (Å²) in [6, 6.07) is 1.77. The fraction of sp³-hybridized carbons (Fsp3) is 0.545. The molecule has 0 saturated carbocycles. The zero-order chi connectivity index (χ0) is 13.1. The van der Waals surface area contributed by atoms with E-state index in [0.717, 1.165) is 10.0 Å². The molecule has 0 unspecified atom stereocenters. The Bertz CT molecular complexity index is 379. The Morgan fingerprint density at radius 3 is 2.53 bits per heavy atom. The van der Waals surface area contributed by atoms with E-state index in [9.17, 15) is 13.2 Å². The molecule has 0 saturated heterocycles. The number of alkyl halides is 3. The van der Waals surface area contributed by atoms with Crippen molar-refractivity contribution < 1.29 is 13.2 Å². The number of aryl methyl sites for hydroxylation is 1. The number of anilines is 1. The van der Waals surface area contributed by atoms with Crippen LogP contribution in [0.15, 0.2) is 16.7 Å². The minimum atomic E-state index is -4.21. The molecule has 0 radical (unpaired) electrons. The van der Waals surface area contributed by atoms with Crippen LogP contribution in [0.4, 0.5) is 19.0 Å². The zero-order valence-corrected chi connectivity index (χ0v) is 11.3. The van der Waals surface area contributed by atoms with Gasteiger partial charge in [-0.1, -0.05) is 6.92 Å². The molecule has 0 N–H and O–H groups in total. The number of nitrogens with zero attached hydrogens (tertiary/aromatic N) is 2. The molecule has 0 aromatic carbocycles. The highest BCUT2D eigenvalue weighted by Gasteiger charge is 2.31. The van der Waals surface area contributed by atoms with Gasteiger partial charge in [-0.3, -0.25) is 0 Å². The average Bonchev–Trinajstić information content (AvgIpc) is 2.14. The summed E-state index contributed by atoms with van der Waals surface area (Å²) in [5.41, 5.74) is 0.733. The molecule has 1 heterocycles. The van der Waals surface area contributed by atoms with Crippen molar-refractivity contribution in [2.75, 3.05) is 18.0 Å². The van der Waals surface area contributed by atoms with Crippen LogP contribution in [0.25, 0.3) is 0 Å². The van der Waals surface area contributed by atoms with Gasteiger partial charge in [0.2, 0.25) is 0 Å². The average molecular weight is 311 g/mol. The Morgan fingerprint density at radius 2 is 2.06 bits per heavy atom. The van der Waals surface area contributed by atoms with E-state index in [1.54, 1.807) is 13.0 Å². The predicted octanol–water partition coefficient (Wildman–Crippen LogP) is 3.93. The summed E-state index contributed by atoms with van der Waals surface area (Å²) in [4.78, 5) is 5.33. The van der Waals surface area contributed by atoms with Crippen LogP contribution in [0.3, 0.4) is 0 Å². The third kappa shape index (κ3) is 4.53. The molecule has 0 bridgehead atoms. The van der Waals surface area contributed by atoms with E-state index in [-0.39, 0.29) is 0 Å². The van der Waals surface area contributed by atoms with E-state index in [2.05, 4.69) is 20.9 Å². The highest BCUT2D eigenvalue weighted by molar-refractivity contribution is 9.10. The second-order valence-corrected chi connectivity index (χ2v) is 4.75. The monoisotopic (exact) mass is 310 g/mol. The summed E-state index contributed by atoms with van der Waals surface area (Å²) in [6.07, 6.45) is -2.05. The number of pyridine rings is 1. The van der Waals surface area contributed by atoms with Crippen LogP contribution in [0.1, 0.15) is 18.9 Å². The molecule has 0 aliphatic carbocycles. The molecule has 0 aliphatic heterocycles. The van der Waals surface area contributed by atoms with Gasteiger partial charge in [0, 0.05) is 17.2 Å². The fourth-order valence-corrected chi connectivity index (χ4v) is 2.06. The molecule has 6 heteroatoms. The van der Waals surface area contributed by atoms with Gasteiger partial charge in [-0.15, -0.1) is 0 Å². The summed E-state index contributed by atoms with van der Waals surface area (Å²) < 4.78 is 38.1. The first-order valence-corrected chi connectivity index (χ1v) is 6.06. The molecule has 17 heavy (non-hydrogen) atoms. The highest BCUT2D eigenvalue weighted by Crippen LogP contribution is 2.25. The van der Waals surface area contributed by atoms with Crippen molar-refractivity contribution in [3.05, 3.63) is 22.3 Å². The quantitative estimate of drug-likeness (QED) is 0.837. The third-order valence-corrected chi connectivity index (χ3v) is 2.61. The summed E-state index contributed by atoms with van der Waals surface area (Å²) in [6.45, 7) is 2.98. The maximum Gasteiger partial charge on any atom is 0.405 e. The lowest BCUT2D eigenvalue weighted by atomic mass is 10.2. The molecule has 2 nitrogen and oxygen atoms in total. The van der Waals surface area contributed by atoms with Gasteiger partial charge in [-0.05, 0) is 40.9 Å². The van der Waals surface area contributed by atoms with Crippen molar-refractivity contribution in [3.63, 3.8) is 0 Å². The molecule has 0 atom stereocenters. The molecule has 0 spiro atoms. The van der Waals surface area contributed by atoms with Gasteiger partial charge < -0.3 is 4.90 Å². The van der Waals surface area contributed by atoms with Crippen LogP contribution in [0, 0.1) is 6.92 Å². The van der Waals surface area contributed by atoms with Gasteiger partial charge in [0.15, 0.2) is 0 Å². The first-order valence-electron chi connectivity index (χ1n) is 5.27. The maximum absolute atomic E-state index is 12.4. The van der Waals surface area contributed by atoms with Crippen LogP contribution in [-0.4, -0.2) is 24.2 Å². The van der Waals surface area contributed by atoms with Gasteiger partial charge in [0.05, 0.1) is 0 Å². The molecule has 96 valence electrons. The van der Waals surface area contributed by atoms with Crippen molar-refractivity contribution >= 4 is 21.7 Å². The van der Waals surface area contributed by atoms with E-state index < -0.39 is 12.7 Å². The summed E-state index contributed by atoms with van der Waals surface area (Å²) in [5.74, 6) is 0.396. The number of aromatic nitrogens is 1. The molecule has 0 aliphatic rings. The van der Waals surface area contributed by atoms with Crippen LogP contribution in [0.5, 0.6) is 0 Å². The predicted molar refractivity (Wildman–Crippen MR) is 65.2 cm³/mol. The second kappa shape index (κ2) is 5.71. The Morgan fingerprint density at radius 1 is 1.41 bits per heavy atom. The first-order chi connectivity index (χ1) is 7.83. The van der Waals surface area contributed by atoms with Crippen molar-refractivity contribution in [1.29, 1.82) is 0 Å². The van der Waals surface area contributed by atoms with E-state index >= 15 is 0 Å². The molecule has 1 rings (SSSR count). The lowest BCUT2D eigenvalue weighted by Crippen LogP contribution is -2.35. The number of rotatable bonds is 4. The standard InChI is InChI=1S/C11H14BrF3N2/c1-3-4-17(7-11(13,14)15)10-8(2)5-9(12)6-16-10/h5-6H,3-4,7H2,1-2H3. The third-order valence-electron chi connectivity index (χ3n) is 2.18. The number of hydrogen-bond acceptors (Lipinski definition) is 2. The Balaban J connectivity index is 2.97. The second-order valence-electron chi connectivity index (χ2n) is 3.83. The van der Waals surface area contributed by atoms with Crippen molar-refractivity contribution in [2.45, 2.75) is 26.4 Å². The number of halogens is 4. The van der Waals surface area contributed by atoms with Crippen LogP contribution in [-0.2, 0) is 0 Å². The summed E-state index contributed by atoms with van der Waals surface area (Å²) >= 11 is 3.24. The van der Waals surface area contributed by atoms with Crippen LogP contribution in [0.2, 0.25) is 0 Å². The number of hydrogen-bond donors (Lipinski definition) is 0. The first kappa shape index (κ1) is 14.3. The molecule has 0 amide bonds. The minimum absolute atomic E-state index is 0.342. The minimum Gasteiger partial charge on any atom is -0.347 e. The Kier molecular flexibility index (Phi) is 4.80. The lowest BCUT2D eigenvalue weighted by molar-refractivity contribution is -0.119. The topological polar surface area (TPSA) is 16.1 Å². The van der Waals surface area contributed by atoms with E-state index in [1.807, 2.05) is 6.92 Å². The van der Waals surface area contributed by atoms with E-state index in [1.165, 1.54) is 11.1 Å².